The number of nitrogen functional groups attached to an aromatic ring is 1. The molecule has 0 aliphatic heterocycles. The maximum atomic E-state index is 11.9. The summed E-state index contributed by atoms with van der Waals surface area (Å²) in [6, 6.07) is 5.25. The van der Waals surface area contributed by atoms with Crippen LogP contribution in [0, 0.1) is 0 Å². The lowest BCUT2D eigenvalue weighted by Gasteiger charge is -2.02. The Bertz CT molecular complexity index is 648. The van der Waals surface area contributed by atoms with Crippen LogP contribution in [-0.4, -0.2) is 21.0 Å². The summed E-state index contributed by atoms with van der Waals surface area (Å²) >= 11 is 0. The molecule has 7 nitrogen and oxygen atoms in total. The standard InChI is InChI=1S/C13H15N5O2/c1-13(5-6-13)12-17-10(18-20-12)11(19)15-7-8-3-2-4-9(14)16-8/h2-4H,5-7H2,1H3,(H2,14,16)(H,15,19). The number of hydrogen-bond donors (Lipinski definition) is 2. The first-order chi connectivity index (χ1) is 9.57. The van der Waals surface area contributed by atoms with Crippen LogP contribution in [0.1, 0.15) is 42.0 Å². The van der Waals surface area contributed by atoms with Gasteiger partial charge >= 0.3 is 0 Å². The zero-order valence-electron chi connectivity index (χ0n) is 11.1. The zero-order valence-corrected chi connectivity index (χ0v) is 11.1. The van der Waals surface area contributed by atoms with E-state index in [1.54, 1.807) is 18.2 Å². The molecule has 0 aromatic carbocycles. The molecule has 3 N–H and O–H groups in total. The van der Waals surface area contributed by atoms with Crippen LogP contribution >= 0.6 is 0 Å². The Morgan fingerprint density at radius 2 is 2.25 bits per heavy atom. The Kier molecular flexibility index (Phi) is 2.89. The average Bonchev–Trinajstić information content (AvgIpc) is 2.99. The normalized spacial score (nSPS) is 15.8. The summed E-state index contributed by atoms with van der Waals surface area (Å²) in [5, 5.41) is 6.39. The summed E-state index contributed by atoms with van der Waals surface area (Å²) in [6.45, 7) is 2.31. The molecule has 1 amide bonds. The lowest BCUT2D eigenvalue weighted by Crippen LogP contribution is -2.24. The second-order valence-corrected chi connectivity index (χ2v) is 5.22. The van der Waals surface area contributed by atoms with Gasteiger partial charge < -0.3 is 15.6 Å². The highest BCUT2D eigenvalue weighted by molar-refractivity contribution is 5.90. The number of nitrogens with two attached hydrogens (primary N) is 1. The molecule has 20 heavy (non-hydrogen) atoms. The molecular formula is C13H15N5O2. The van der Waals surface area contributed by atoms with E-state index in [4.69, 9.17) is 10.3 Å². The number of anilines is 1. The SMILES string of the molecule is CC1(c2nc(C(=O)NCc3cccc(N)n3)no2)CC1. The Hall–Kier alpha value is -2.44. The quantitative estimate of drug-likeness (QED) is 0.861. The highest BCUT2D eigenvalue weighted by Gasteiger charge is 2.44. The van der Waals surface area contributed by atoms with Gasteiger partial charge in [0.1, 0.15) is 5.82 Å². The van der Waals surface area contributed by atoms with E-state index < -0.39 is 0 Å². The summed E-state index contributed by atoms with van der Waals surface area (Å²) in [5.41, 5.74) is 6.21. The van der Waals surface area contributed by atoms with Crippen molar-refractivity contribution in [2.45, 2.75) is 31.7 Å². The first kappa shape index (κ1) is 12.6. The molecule has 7 heteroatoms. The number of rotatable bonds is 4. The van der Waals surface area contributed by atoms with E-state index in [9.17, 15) is 4.79 Å². The van der Waals surface area contributed by atoms with E-state index >= 15 is 0 Å². The van der Waals surface area contributed by atoms with Gasteiger partial charge in [0.05, 0.1) is 12.2 Å². The van der Waals surface area contributed by atoms with E-state index in [0.29, 0.717) is 17.4 Å². The predicted molar refractivity (Wildman–Crippen MR) is 70.7 cm³/mol. The van der Waals surface area contributed by atoms with E-state index in [-0.39, 0.29) is 23.7 Å². The number of carbonyl (C=O) groups excluding carboxylic acids is 1. The van der Waals surface area contributed by atoms with E-state index in [1.807, 2.05) is 6.92 Å². The highest BCUT2D eigenvalue weighted by Crippen LogP contribution is 2.46. The van der Waals surface area contributed by atoms with Crippen molar-refractivity contribution >= 4 is 11.7 Å². The summed E-state index contributed by atoms with van der Waals surface area (Å²) in [5.74, 6) is 0.621. The van der Waals surface area contributed by atoms with E-state index in [1.165, 1.54) is 0 Å². The largest absolute Gasteiger partial charge is 0.384 e. The number of hydrogen-bond acceptors (Lipinski definition) is 6. The minimum Gasteiger partial charge on any atom is -0.384 e. The molecule has 0 spiro atoms. The molecule has 3 rings (SSSR count). The summed E-state index contributed by atoms with van der Waals surface area (Å²) in [4.78, 5) is 20.1. The van der Waals surface area contributed by atoms with Crippen molar-refractivity contribution < 1.29 is 9.32 Å². The summed E-state index contributed by atoms with van der Waals surface area (Å²) < 4.78 is 5.13. The topological polar surface area (TPSA) is 107 Å². The summed E-state index contributed by atoms with van der Waals surface area (Å²) in [7, 11) is 0. The smallest absolute Gasteiger partial charge is 0.293 e. The zero-order chi connectivity index (χ0) is 14.2. The van der Waals surface area contributed by atoms with Crippen molar-refractivity contribution in [1.82, 2.24) is 20.4 Å². The Balaban J connectivity index is 1.63. The lowest BCUT2D eigenvalue weighted by atomic mass is 10.1. The molecule has 0 saturated heterocycles. The maximum Gasteiger partial charge on any atom is 0.293 e. The van der Waals surface area contributed by atoms with E-state index in [0.717, 1.165) is 12.8 Å². The fourth-order valence-corrected chi connectivity index (χ4v) is 1.81. The molecular weight excluding hydrogens is 258 g/mol. The van der Waals surface area contributed by atoms with Gasteiger partial charge in [-0.25, -0.2) is 4.98 Å². The van der Waals surface area contributed by atoms with Gasteiger partial charge in [-0.3, -0.25) is 4.79 Å². The van der Waals surface area contributed by atoms with Crippen LogP contribution in [0.4, 0.5) is 5.82 Å². The number of carbonyl (C=O) groups is 1. The van der Waals surface area contributed by atoms with E-state index in [2.05, 4.69) is 20.4 Å². The van der Waals surface area contributed by atoms with Crippen molar-refractivity contribution in [3.05, 3.63) is 35.6 Å². The van der Waals surface area contributed by atoms with Crippen LogP contribution in [0.5, 0.6) is 0 Å². The van der Waals surface area contributed by atoms with Gasteiger partial charge in [0.15, 0.2) is 0 Å². The Morgan fingerprint density at radius 1 is 1.45 bits per heavy atom. The monoisotopic (exact) mass is 273 g/mol. The molecule has 2 aromatic rings. The molecule has 0 atom stereocenters. The van der Waals surface area contributed by atoms with Gasteiger partial charge in [0.25, 0.3) is 11.7 Å². The first-order valence-corrected chi connectivity index (χ1v) is 6.41. The lowest BCUT2D eigenvalue weighted by molar-refractivity contribution is 0.0937. The third kappa shape index (κ3) is 2.47. The van der Waals surface area contributed by atoms with Crippen molar-refractivity contribution in [3.63, 3.8) is 0 Å². The molecule has 2 heterocycles. The van der Waals surface area contributed by atoms with Gasteiger partial charge in [-0.15, -0.1) is 0 Å². The van der Waals surface area contributed by atoms with Crippen LogP contribution in [0.2, 0.25) is 0 Å². The Morgan fingerprint density at radius 3 is 2.95 bits per heavy atom. The third-order valence-corrected chi connectivity index (χ3v) is 3.40. The molecule has 2 aromatic heterocycles. The fraction of sp³-hybridized carbons (Fsp3) is 0.385. The minimum absolute atomic E-state index is 0.0407. The molecule has 1 saturated carbocycles. The van der Waals surface area contributed by atoms with Gasteiger partial charge in [-0.05, 0) is 25.0 Å². The molecule has 0 unspecified atom stereocenters. The molecule has 0 radical (unpaired) electrons. The van der Waals surface area contributed by atoms with Crippen molar-refractivity contribution in [2.24, 2.45) is 0 Å². The average molecular weight is 273 g/mol. The molecule has 0 bridgehead atoms. The van der Waals surface area contributed by atoms with Crippen molar-refractivity contribution in [1.29, 1.82) is 0 Å². The predicted octanol–water partition coefficient (Wildman–Crippen LogP) is 1.03. The second kappa shape index (κ2) is 4.59. The maximum absolute atomic E-state index is 11.9. The third-order valence-electron chi connectivity index (χ3n) is 3.40. The van der Waals surface area contributed by atoms with Crippen molar-refractivity contribution in [3.8, 4) is 0 Å². The number of nitrogens with one attached hydrogen (secondary N) is 1. The second-order valence-electron chi connectivity index (χ2n) is 5.22. The Labute approximate surface area is 115 Å². The molecule has 104 valence electrons. The fourth-order valence-electron chi connectivity index (χ4n) is 1.81. The molecule has 1 aliphatic carbocycles. The van der Waals surface area contributed by atoms with Crippen LogP contribution in [0.25, 0.3) is 0 Å². The molecule has 1 fully saturated rings. The number of pyridine rings is 1. The van der Waals surface area contributed by atoms with Crippen LogP contribution in [0.3, 0.4) is 0 Å². The number of nitrogens with zero attached hydrogens (tertiary/aromatic N) is 3. The van der Waals surface area contributed by atoms with Gasteiger partial charge in [-0.1, -0.05) is 18.1 Å². The summed E-state index contributed by atoms with van der Waals surface area (Å²) in [6.07, 6.45) is 2.03. The number of aromatic nitrogens is 3. The minimum atomic E-state index is -0.381. The van der Waals surface area contributed by atoms with Crippen molar-refractivity contribution in [2.75, 3.05) is 5.73 Å². The van der Waals surface area contributed by atoms with Gasteiger partial charge in [0, 0.05) is 5.41 Å². The van der Waals surface area contributed by atoms with Crippen LogP contribution < -0.4 is 11.1 Å². The molecule has 1 aliphatic rings. The highest BCUT2D eigenvalue weighted by atomic mass is 16.5. The van der Waals surface area contributed by atoms with Gasteiger partial charge in [-0.2, -0.15) is 4.98 Å². The van der Waals surface area contributed by atoms with Gasteiger partial charge in [0.2, 0.25) is 5.89 Å². The first-order valence-electron chi connectivity index (χ1n) is 6.41. The number of amides is 1. The van der Waals surface area contributed by atoms with Crippen LogP contribution in [-0.2, 0) is 12.0 Å². The van der Waals surface area contributed by atoms with Crippen LogP contribution in [0.15, 0.2) is 22.7 Å².